The molecule has 0 spiro atoms. The van der Waals surface area contributed by atoms with Crippen molar-refractivity contribution in [2.45, 2.75) is 18.2 Å². The van der Waals surface area contributed by atoms with Gasteiger partial charge in [0, 0.05) is 0 Å². The molecular formula is C8H15N2O4+. The van der Waals surface area contributed by atoms with Gasteiger partial charge in [-0.15, -0.1) is 0 Å². The number of carboxylic acid groups (broad SMARTS) is 1. The zero-order chi connectivity index (χ0) is 11.1. The summed E-state index contributed by atoms with van der Waals surface area (Å²) in [5, 5.41) is 20.7. The van der Waals surface area contributed by atoms with Crippen LogP contribution < -0.4 is 5.32 Å². The molecule has 0 unspecified atom stereocenters. The lowest BCUT2D eigenvalue weighted by atomic mass is 10.0. The van der Waals surface area contributed by atoms with Crippen molar-refractivity contribution in [3.63, 3.8) is 0 Å². The summed E-state index contributed by atoms with van der Waals surface area (Å²) in [6.07, 6.45) is -1.34. The fourth-order valence-electron chi connectivity index (χ4n) is 1.58. The standard InChI is InChI=1S/C8H14N2O4/c1-10(2,3)8(7(13)14)4-5(11)6(12)9-8/h5,11H,4H2,1-3H3,(H-,9,12,13,14)/p+1/t5-,8-/m0/s1. The minimum Gasteiger partial charge on any atom is -0.475 e. The highest BCUT2D eigenvalue weighted by Crippen LogP contribution is 2.27. The summed E-state index contributed by atoms with van der Waals surface area (Å²) in [6, 6.07) is 0. The van der Waals surface area contributed by atoms with E-state index in [-0.39, 0.29) is 10.9 Å². The summed E-state index contributed by atoms with van der Waals surface area (Å²) in [5.74, 6) is -1.75. The van der Waals surface area contributed by atoms with Crippen LogP contribution in [-0.2, 0) is 9.59 Å². The first-order valence-corrected chi connectivity index (χ1v) is 4.26. The topological polar surface area (TPSA) is 86.6 Å². The van der Waals surface area contributed by atoms with E-state index in [1.165, 1.54) is 0 Å². The van der Waals surface area contributed by atoms with Gasteiger partial charge in [-0.25, -0.2) is 4.79 Å². The molecule has 0 aromatic rings. The summed E-state index contributed by atoms with van der Waals surface area (Å²) in [6.45, 7) is 0. The zero-order valence-electron chi connectivity index (χ0n) is 8.44. The first kappa shape index (κ1) is 10.9. The number of hydrogen-bond donors (Lipinski definition) is 3. The van der Waals surface area contributed by atoms with E-state index in [9.17, 15) is 14.7 Å². The van der Waals surface area contributed by atoms with Crippen LogP contribution >= 0.6 is 0 Å². The van der Waals surface area contributed by atoms with Gasteiger partial charge in [0.2, 0.25) is 0 Å². The van der Waals surface area contributed by atoms with Gasteiger partial charge in [0.25, 0.3) is 11.6 Å². The van der Waals surface area contributed by atoms with Crippen molar-refractivity contribution in [2.75, 3.05) is 21.1 Å². The number of quaternary nitrogens is 1. The number of nitrogens with zero attached hydrogens (tertiary/aromatic N) is 1. The molecule has 6 heteroatoms. The molecule has 1 saturated heterocycles. The number of carboxylic acids is 1. The zero-order valence-corrected chi connectivity index (χ0v) is 8.44. The van der Waals surface area contributed by atoms with E-state index < -0.39 is 23.6 Å². The van der Waals surface area contributed by atoms with Gasteiger partial charge in [0.1, 0.15) is 6.10 Å². The smallest absolute Gasteiger partial charge is 0.388 e. The van der Waals surface area contributed by atoms with E-state index in [1.807, 2.05) is 0 Å². The molecule has 1 heterocycles. The predicted octanol–water partition coefficient (Wildman–Crippen LogP) is -1.65. The SMILES string of the molecule is C[N+](C)(C)[C@]1(C(=O)O)C[C@H](O)C(=O)N1. The van der Waals surface area contributed by atoms with Crippen LogP contribution in [0.4, 0.5) is 0 Å². The van der Waals surface area contributed by atoms with Gasteiger partial charge in [-0.2, -0.15) is 0 Å². The molecule has 0 aliphatic carbocycles. The van der Waals surface area contributed by atoms with Gasteiger partial charge in [-0.1, -0.05) is 0 Å². The van der Waals surface area contributed by atoms with Crippen LogP contribution in [0, 0.1) is 0 Å². The van der Waals surface area contributed by atoms with Gasteiger partial charge < -0.3 is 10.2 Å². The van der Waals surface area contributed by atoms with Crippen LogP contribution in [0.3, 0.4) is 0 Å². The number of aliphatic hydroxyl groups is 1. The summed E-state index contributed by atoms with van der Waals surface area (Å²) in [4.78, 5) is 22.2. The van der Waals surface area contributed by atoms with E-state index in [0.29, 0.717) is 0 Å². The molecule has 80 valence electrons. The molecule has 1 rings (SSSR count). The van der Waals surface area contributed by atoms with Crippen molar-refractivity contribution in [3.8, 4) is 0 Å². The van der Waals surface area contributed by atoms with E-state index in [4.69, 9.17) is 5.11 Å². The number of amides is 1. The van der Waals surface area contributed by atoms with Crippen molar-refractivity contribution >= 4 is 11.9 Å². The molecule has 0 saturated carbocycles. The highest BCUT2D eigenvalue weighted by Gasteiger charge is 2.59. The number of hydrogen-bond acceptors (Lipinski definition) is 3. The molecule has 1 aliphatic rings. The van der Waals surface area contributed by atoms with Crippen LogP contribution in [0.5, 0.6) is 0 Å². The molecule has 1 amide bonds. The van der Waals surface area contributed by atoms with Gasteiger partial charge in [-0.3, -0.25) is 14.6 Å². The van der Waals surface area contributed by atoms with E-state index >= 15 is 0 Å². The summed E-state index contributed by atoms with van der Waals surface area (Å²) < 4.78 is 0.0329. The monoisotopic (exact) mass is 203 g/mol. The Kier molecular flexibility index (Phi) is 2.29. The molecule has 1 fully saturated rings. The maximum Gasteiger partial charge on any atom is 0.388 e. The summed E-state index contributed by atoms with van der Waals surface area (Å²) >= 11 is 0. The molecule has 3 N–H and O–H groups in total. The number of rotatable bonds is 2. The first-order chi connectivity index (χ1) is 6.21. The van der Waals surface area contributed by atoms with Crippen molar-refractivity contribution in [2.24, 2.45) is 0 Å². The lowest BCUT2D eigenvalue weighted by Gasteiger charge is -2.39. The second-order valence-electron chi connectivity index (χ2n) is 4.39. The summed E-state index contributed by atoms with van der Waals surface area (Å²) in [7, 11) is 4.98. The lowest BCUT2D eigenvalue weighted by molar-refractivity contribution is -0.916. The molecule has 0 aromatic heterocycles. The average Bonchev–Trinajstić information content (AvgIpc) is 2.28. The van der Waals surface area contributed by atoms with Gasteiger partial charge in [0.15, 0.2) is 0 Å². The Hall–Kier alpha value is -1.14. The minimum atomic E-state index is -1.42. The average molecular weight is 203 g/mol. The maximum absolute atomic E-state index is 11.1. The van der Waals surface area contributed by atoms with Gasteiger partial charge in [0.05, 0.1) is 27.6 Å². The Morgan fingerprint density at radius 3 is 2.21 bits per heavy atom. The molecule has 1 aliphatic heterocycles. The first-order valence-electron chi connectivity index (χ1n) is 4.26. The van der Waals surface area contributed by atoms with Gasteiger partial charge in [-0.05, 0) is 0 Å². The van der Waals surface area contributed by atoms with Crippen LogP contribution in [0.2, 0.25) is 0 Å². The van der Waals surface area contributed by atoms with Crippen molar-refractivity contribution in [1.29, 1.82) is 0 Å². The van der Waals surface area contributed by atoms with E-state index in [0.717, 1.165) is 0 Å². The third kappa shape index (κ3) is 1.36. The highest BCUT2D eigenvalue weighted by molar-refractivity contribution is 5.92. The molecule has 14 heavy (non-hydrogen) atoms. The molecule has 6 nitrogen and oxygen atoms in total. The Labute approximate surface area is 81.7 Å². The van der Waals surface area contributed by atoms with E-state index in [2.05, 4.69) is 5.32 Å². The van der Waals surface area contributed by atoms with Crippen LogP contribution in [0.15, 0.2) is 0 Å². The third-order valence-electron chi connectivity index (χ3n) is 2.62. The largest absolute Gasteiger partial charge is 0.475 e. The van der Waals surface area contributed by atoms with Crippen molar-refractivity contribution in [1.82, 2.24) is 5.32 Å². The molecular weight excluding hydrogens is 188 g/mol. The fourth-order valence-corrected chi connectivity index (χ4v) is 1.58. The van der Waals surface area contributed by atoms with Crippen molar-refractivity contribution < 1.29 is 24.3 Å². The highest BCUT2D eigenvalue weighted by atomic mass is 16.4. The maximum atomic E-state index is 11.1. The Balaban J connectivity index is 3.10. The third-order valence-corrected chi connectivity index (χ3v) is 2.62. The van der Waals surface area contributed by atoms with Crippen LogP contribution in [0.1, 0.15) is 6.42 Å². The fraction of sp³-hybridized carbons (Fsp3) is 0.750. The van der Waals surface area contributed by atoms with E-state index in [1.54, 1.807) is 21.1 Å². The Bertz CT molecular complexity index is 284. The second kappa shape index (κ2) is 2.93. The van der Waals surface area contributed by atoms with Crippen molar-refractivity contribution in [3.05, 3.63) is 0 Å². The Morgan fingerprint density at radius 1 is 1.57 bits per heavy atom. The summed E-state index contributed by atoms with van der Waals surface area (Å²) in [5.41, 5.74) is -1.42. The molecule has 0 bridgehead atoms. The quantitative estimate of drug-likeness (QED) is 0.469. The Morgan fingerprint density at radius 2 is 2.07 bits per heavy atom. The number of likely N-dealkylation sites (N-methyl/N-ethyl adjacent to an activating group) is 1. The lowest BCUT2D eigenvalue weighted by Crippen LogP contribution is -2.67. The van der Waals surface area contributed by atoms with Crippen LogP contribution in [-0.4, -0.2) is 59.5 Å². The van der Waals surface area contributed by atoms with Crippen LogP contribution in [0.25, 0.3) is 0 Å². The number of nitrogens with one attached hydrogen (secondary N) is 1. The number of carbonyl (C=O) groups excluding carboxylic acids is 1. The second-order valence-corrected chi connectivity index (χ2v) is 4.39. The number of carbonyl (C=O) groups is 2. The number of aliphatic hydroxyl groups excluding tert-OH is 1. The normalized spacial score (nSPS) is 32.9. The molecule has 0 radical (unpaired) electrons. The predicted molar refractivity (Wildman–Crippen MR) is 47.2 cm³/mol. The van der Waals surface area contributed by atoms with Gasteiger partial charge >= 0.3 is 5.97 Å². The number of aliphatic carboxylic acids is 1. The molecule has 0 aromatic carbocycles. The molecule has 2 atom stereocenters. The minimum absolute atomic E-state index is 0.0329.